The molecule has 1 atom stereocenters. The van der Waals surface area contributed by atoms with Crippen LogP contribution in [0, 0.1) is 0 Å². The molecule has 1 fully saturated rings. The van der Waals surface area contributed by atoms with Crippen molar-refractivity contribution in [1.82, 2.24) is 4.98 Å². The number of hydrogen-bond donors (Lipinski definition) is 1. The molecule has 1 aliphatic rings. The number of rotatable bonds is 3. The highest BCUT2D eigenvalue weighted by Gasteiger charge is 2.18. The second-order valence-electron chi connectivity index (χ2n) is 3.63. The van der Waals surface area contributed by atoms with Gasteiger partial charge in [-0.15, -0.1) is 11.3 Å². The van der Waals surface area contributed by atoms with Gasteiger partial charge in [-0.1, -0.05) is 0 Å². The summed E-state index contributed by atoms with van der Waals surface area (Å²) in [4.78, 5) is 4.58. The van der Waals surface area contributed by atoms with Crippen LogP contribution in [0.1, 0.15) is 29.5 Å². The Balaban J connectivity index is 2.00. The lowest BCUT2D eigenvalue weighted by Gasteiger charge is -2.19. The quantitative estimate of drug-likeness (QED) is 0.826. The molecule has 0 radical (unpaired) electrons. The van der Waals surface area contributed by atoms with Gasteiger partial charge in [0, 0.05) is 24.3 Å². The zero-order valence-electron chi connectivity index (χ0n) is 8.24. The molecule has 0 amide bonds. The summed E-state index contributed by atoms with van der Waals surface area (Å²) in [5, 5.41) is 3.35. The predicted octanol–water partition coefficient (Wildman–Crippen LogP) is 1.54. The predicted molar refractivity (Wildman–Crippen MR) is 57.7 cm³/mol. The van der Waals surface area contributed by atoms with Crippen molar-refractivity contribution in [2.45, 2.75) is 25.2 Å². The fourth-order valence-electron chi connectivity index (χ4n) is 1.71. The summed E-state index contributed by atoms with van der Waals surface area (Å²) in [6.45, 7) is 2.44. The normalized spacial score (nSPS) is 22.5. The van der Waals surface area contributed by atoms with Crippen LogP contribution in [0.4, 0.5) is 0 Å². The molecular weight excluding hydrogens is 196 g/mol. The molecule has 2 heterocycles. The van der Waals surface area contributed by atoms with Gasteiger partial charge in [-0.25, -0.2) is 4.98 Å². The molecule has 4 heteroatoms. The van der Waals surface area contributed by atoms with Crippen molar-refractivity contribution in [3.8, 4) is 0 Å². The molecule has 3 nitrogen and oxygen atoms in total. The third-order valence-electron chi connectivity index (χ3n) is 2.48. The monoisotopic (exact) mass is 212 g/mol. The van der Waals surface area contributed by atoms with Gasteiger partial charge in [-0.3, -0.25) is 0 Å². The van der Waals surface area contributed by atoms with Crippen LogP contribution in [0.5, 0.6) is 0 Å². The number of ether oxygens (including phenoxy) is 1. The third kappa shape index (κ3) is 2.32. The van der Waals surface area contributed by atoms with Gasteiger partial charge in [0.1, 0.15) is 0 Å². The van der Waals surface area contributed by atoms with Gasteiger partial charge in [0.05, 0.1) is 17.3 Å². The fourth-order valence-corrected chi connectivity index (χ4v) is 2.68. The van der Waals surface area contributed by atoms with Crippen LogP contribution in [-0.2, 0) is 11.2 Å². The number of hydrogen-bond acceptors (Lipinski definition) is 4. The molecule has 0 bridgehead atoms. The van der Waals surface area contributed by atoms with E-state index in [0.717, 1.165) is 31.7 Å². The molecule has 0 aromatic carbocycles. The van der Waals surface area contributed by atoms with Crippen LogP contribution in [0.15, 0.2) is 5.38 Å². The zero-order valence-corrected chi connectivity index (χ0v) is 9.05. The third-order valence-corrected chi connectivity index (χ3v) is 3.54. The molecule has 1 saturated heterocycles. The zero-order chi connectivity index (χ0) is 9.80. The Morgan fingerprint density at radius 2 is 2.57 bits per heavy atom. The van der Waals surface area contributed by atoms with E-state index in [-0.39, 0.29) is 0 Å². The number of nitrogens with two attached hydrogens (primary N) is 1. The van der Waals surface area contributed by atoms with Gasteiger partial charge in [-0.05, 0) is 19.4 Å². The fraction of sp³-hybridized carbons (Fsp3) is 0.700. The van der Waals surface area contributed by atoms with Crippen LogP contribution >= 0.6 is 11.3 Å². The minimum absolute atomic E-state index is 0.528. The molecule has 1 aromatic rings. The maximum Gasteiger partial charge on any atom is 0.0982 e. The maximum atomic E-state index is 5.49. The summed E-state index contributed by atoms with van der Waals surface area (Å²) in [6, 6.07) is 0. The summed E-state index contributed by atoms with van der Waals surface area (Å²) in [5.74, 6) is 0.528. The summed E-state index contributed by atoms with van der Waals surface area (Å²) in [7, 11) is 0. The van der Waals surface area contributed by atoms with Crippen LogP contribution in [0.3, 0.4) is 0 Å². The molecule has 2 N–H and O–H groups in total. The van der Waals surface area contributed by atoms with E-state index >= 15 is 0 Å². The highest BCUT2D eigenvalue weighted by atomic mass is 32.1. The minimum Gasteiger partial charge on any atom is -0.381 e. The first-order valence-electron chi connectivity index (χ1n) is 5.12. The van der Waals surface area contributed by atoms with Gasteiger partial charge in [0.25, 0.3) is 0 Å². The minimum atomic E-state index is 0.528. The van der Waals surface area contributed by atoms with Crippen molar-refractivity contribution in [2.24, 2.45) is 5.73 Å². The average Bonchev–Trinajstić information content (AvgIpc) is 2.68. The lowest BCUT2D eigenvalue weighted by molar-refractivity contribution is 0.0803. The first-order valence-corrected chi connectivity index (χ1v) is 6.00. The summed E-state index contributed by atoms with van der Waals surface area (Å²) in [5.41, 5.74) is 6.63. The molecule has 0 saturated carbocycles. The maximum absolute atomic E-state index is 5.49. The van der Waals surface area contributed by atoms with Gasteiger partial charge in [-0.2, -0.15) is 0 Å². The Hall–Kier alpha value is -0.450. The Morgan fingerprint density at radius 3 is 3.29 bits per heavy atom. The smallest absolute Gasteiger partial charge is 0.0982 e. The Labute approximate surface area is 88.3 Å². The van der Waals surface area contributed by atoms with E-state index in [1.54, 1.807) is 11.3 Å². The number of aromatic nitrogens is 1. The van der Waals surface area contributed by atoms with E-state index < -0.39 is 0 Å². The van der Waals surface area contributed by atoms with E-state index in [1.165, 1.54) is 11.4 Å². The molecule has 14 heavy (non-hydrogen) atoms. The van der Waals surface area contributed by atoms with Crippen molar-refractivity contribution in [3.63, 3.8) is 0 Å². The number of nitrogens with zero attached hydrogens (tertiary/aromatic N) is 1. The standard InChI is InChI=1S/C10H16N2OS/c11-4-3-9-7-14-10(12-9)8-2-1-5-13-6-8/h7-8H,1-6,11H2. The van der Waals surface area contributed by atoms with E-state index in [2.05, 4.69) is 10.4 Å². The van der Waals surface area contributed by atoms with Gasteiger partial charge < -0.3 is 10.5 Å². The molecule has 1 aromatic heterocycles. The van der Waals surface area contributed by atoms with E-state index in [4.69, 9.17) is 10.5 Å². The SMILES string of the molecule is NCCc1csc(C2CCCOC2)n1. The second-order valence-corrected chi connectivity index (χ2v) is 4.52. The lowest BCUT2D eigenvalue weighted by atomic mass is 10.0. The van der Waals surface area contributed by atoms with Crippen LogP contribution in [0.25, 0.3) is 0 Å². The first-order chi connectivity index (χ1) is 6.90. The van der Waals surface area contributed by atoms with Crippen molar-refractivity contribution in [3.05, 3.63) is 16.1 Å². The van der Waals surface area contributed by atoms with E-state index in [9.17, 15) is 0 Å². The Bertz CT molecular complexity index is 281. The van der Waals surface area contributed by atoms with Crippen LogP contribution < -0.4 is 5.73 Å². The molecular formula is C10H16N2OS. The topological polar surface area (TPSA) is 48.1 Å². The average molecular weight is 212 g/mol. The summed E-state index contributed by atoms with van der Waals surface area (Å²) in [6.07, 6.45) is 3.27. The van der Waals surface area contributed by atoms with Gasteiger partial charge >= 0.3 is 0 Å². The van der Waals surface area contributed by atoms with Crippen molar-refractivity contribution in [1.29, 1.82) is 0 Å². The lowest BCUT2D eigenvalue weighted by Crippen LogP contribution is -2.15. The second kappa shape index (κ2) is 4.87. The summed E-state index contributed by atoms with van der Waals surface area (Å²) < 4.78 is 5.45. The van der Waals surface area contributed by atoms with Gasteiger partial charge in [0.2, 0.25) is 0 Å². The Morgan fingerprint density at radius 1 is 1.64 bits per heavy atom. The van der Waals surface area contributed by atoms with Crippen molar-refractivity contribution >= 4 is 11.3 Å². The van der Waals surface area contributed by atoms with E-state index in [1.807, 2.05) is 0 Å². The first kappa shape index (κ1) is 10.1. The molecule has 2 rings (SSSR count). The molecule has 1 aliphatic heterocycles. The largest absolute Gasteiger partial charge is 0.381 e. The highest BCUT2D eigenvalue weighted by molar-refractivity contribution is 7.09. The molecule has 0 aliphatic carbocycles. The molecule has 0 spiro atoms. The number of thiazole rings is 1. The van der Waals surface area contributed by atoms with E-state index in [0.29, 0.717) is 12.5 Å². The van der Waals surface area contributed by atoms with Crippen molar-refractivity contribution < 1.29 is 4.74 Å². The van der Waals surface area contributed by atoms with Crippen LogP contribution in [0.2, 0.25) is 0 Å². The van der Waals surface area contributed by atoms with Crippen molar-refractivity contribution in [2.75, 3.05) is 19.8 Å². The highest BCUT2D eigenvalue weighted by Crippen LogP contribution is 2.27. The Kier molecular flexibility index (Phi) is 3.50. The molecule has 78 valence electrons. The van der Waals surface area contributed by atoms with Crippen LogP contribution in [-0.4, -0.2) is 24.7 Å². The molecule has 1 unspecified atom stereocenters. The van der Waals surface area contributed by atoms with Gasteiger partial charge in [0.15, 0.2) is 0 Å². The summed E-state index contributed by atoms with van der Waals surface area (Å²) >= 11 is 1.75.